The zero-order valence-corrected chi connectivity index (χ0v) is 21.6. The third-order valence-electron chi connectivity index (χ3n) is 5.20. The summed E-state index contributed by atoms with van der Waals surface area (Å²) in [7, 11) is 1.42. The first-order valence-corrected chi connectivity index (χ1v) is 12.6. The molecule has 35 heavy (non-hydrogen) atoms. The summed E-state index contributed by atoms with van der Waals surface area (Å²) in [6.45, 7) is 4.98. The molecule has 1 N–H and O–H groups in total. The minimum Gasteiger partial charge on any atom is -0.425 e. The predicted octanol–water partition coefficient (Wildman–Crippen LogP) is 0.452. The second kappa shape index (κ2) is 13.1. The van der Waals surface area contributed by atoms with Gasteiger partial charge in [-0.1, -0.05) is 12.1 Å². The van der Waals surface area contributed by atoms with E-state index in [1.807, 2.05) is 6.92 Å². The Morgan fingerprint density at radius 2 is 2.00 bits per heavy atom. The molecule has 0 bridgehead atoms. The number of nitrogens with one attached hydrogen (secondary N) is 1. The molecule has 2 rings (SSSR count). The van der Waals surface area contributed by atoms with Crippen molar-refractivity contribution in [1.29, 1.82) is 0 Å². The maximum atomic E-state index is 13.0. The zero-order chi connectivity index (χ0) is 26.2. The van der Waals surface area contributed by atoms with Crippen LogP contribution in [0.5, 0.6) is 0 Å². The van der Waals surface area contributed by atoms with Gasteiger partial charge in [0.15, 0.2) is 0 Å². The van der Waals surface area contributed by atoms with Crippen molar-refractivity contribution in [2.75, 3.05) is 38.5 Å². The van der Waals surface area contributed by atoms with Crippen LogP contribution in [0.3, 0.4) is 0 Å². The van der Waals surface area contributed by atoms with Crippen LogP contribution in [0.25, 0.3) is 0 Å². The Morgan fingerprint density at radius 3 is 2.60 bits per heavy atom. The normalized spacial score (nSPS) is 24.5. The molecule has 0 aromatic heterocycles. The number of hydrogen-bond acceptors (Lipinski definition) is 11. The molecule has 0 saturated carbocycles. The molecule has 0 spiro atoms. The van der Waals surface area contributed by atoms with Crippen molar-refractivity contribution in [3.63, 3.8) is 0 Å². The fraction of sp³-hybridized carbons (Fsp3) is 0.714. The first-order valence-electron chi connectivity index (χ1n) is 11.1. The molecule has 2 amide bonds. The van der Waals surface area contributed by atoms with E-state index in [-0.39, 0.29) is 31.9 Å². The number of rotatable bonds is 13. The number of hydrogen-bond donors (Lipinski definition) is 1. The van der Waals surface area contributed by atoms with Gasteiger partial charge < -0.3 is 29.3 Å². The van der Waals surface area contributed by atoms with Crippen molar-refractivity contribution >= 4 is 58.6 Å². The Kier molecular flexibility index (Phi) is 10.8. The van der Waals surface area contributed by atoms with Crippen molar-refractivity contribution in [3.05, 3.63) is 0 Å². The van der Waals surface area contributed by atoms with E-state index < -0.39 is 64.2 Å². The Balaban J connectivity index is 2.06. The molecule has 2 aliphatic heterocycles. The van der Waals surface area contributed by atoms with Gasteiger partial charge in [-0.25, -0.2) is 0 Å². The van der Waals surface area contributed by atoms with Crippen molar-refractivity contribution in [3.8, 4) is 0 Å². The third kappa shape index (κ3) is 6.85. The number of fused-ring (bicyclic) bond motifs is 1. The molecule has 14 heteroatoms. The number of Topliss-reactive ketones (excluding diaryl/α,β-unsaturated/α-hetero) is 1. The van der Waals surface area contributed by atoms with Crippen LogP contribution in [0, 0.1) is 5.41 Å². The summed E-state index contributed by atoms with van der Waals surface area (Å²) in [5.74, 6) is -3.47. The van der Waals surface area contributed by atoms with Gasteiger partial charge in [0.05, 0.1) is 12.5 Å². The van der Waals surface area contributed by atoms with Crippen LogP contribution in [-0.2, 0) is 43.0 Å². The molecule has 2 heterocycles. The van der Waals surface area contributed by atoms with Crippen LogP contribution in [0.2, 0.25) is 0 Å². The molecule has 0 radical (unpaired) electrons. The van der Waals surface area contributed by atoms with Crippen LogP contribution >= 0.6 is 23.4 Å². The van der Waals surface area contributed by atoms with Crippen LogP contribution in [-0.4, -0.2) is 96.4 Å². The van der Waals surface area contributed by atoms with Crippen molar-refractivity contribution in [2.45, 2.75) is 51.3 Å². The number of amides is 2. The SMILES string of the molecule is CCCC(=O)OC(C)OC(=O)C1(COC)CS[C@@H]2C(NC(=O)C(=NOCC)C(=O)CCl)C(=O)N2C1. The number of carbonyl (C=O) groups is 5. The first kappa shape index (κ1) is 28.9. The van der Waals surface area contributed by atoms with Crippen molar-refractivity contribution in [2.24, 2.45) is 10.6 Å². The van der Waals surface area contributed by atoms with Gasteiger partial charge in [0, 0.05) is 32.8 Å². The van der Waals surface area contributed by atoms with E-state index in [1.54, 1.807) is 6.92 Å². The lowest BCUT2D eigenvalue weighted by molar-refractivity contribution is -0.195. The van der Waals surface area contributed by atoms with Gasteiger partial charge in [-0.2, -0.15) is 0 Å². The largest absolute Gasteiger partial charge is 0.425 e. The molecule has 4 atom stereocenters. The number of ether oxygens (including phenoxy) is 3. The van der Waals surface area contributed by atoms with Crippen molar-refractivity contribution in [1.82, 2.24) is 10.2 Å². The number of oxime groups is 1. The van der Waals surface area contributed by atoms with Crippen molar-refractivity contribution < 1.29 is 43.0 Å². The molecule has 196 valence electrons. The maximum absolute atomic E-state index is 13.0. The fourth-order valence-electron chi connectivity index (χ4n) is 3.54. The van der Waals surface area contributed by atoms with Crippen LogP contribution in [0.1, 0.15) is 33.6 Å². The quantitative estimate of drug-likeness (QED) is 0.0669. The van der Waals surface area contributed by atoms with Gasteiger partial charge in [0.25, 0.3) is 5.91 Å². The highest BCUT2D eigenvalue weighted by Gasteiger charge is 2.58. The Hall–Kier alpha value is -2.38. The van der Waals surface area contributed by atoms with Crippen LogP contribution in [0.4, 0.5) is 0 Å². The average molecular weight is 536 g/mol. The number of β-lactam (4-membered cyclic amide) rings is 1. The van der Waals surface area contributed by atoms with Crippen LogP contribution in [0.15, 0.2) is 5.16 Å². The van der Waals surface area contributed by atoms with Gasteiger partial charge >= 0.3 is 11.9 Å². The molecular formula is C21H30ClN3O9S. The van der Waals surface area contributed by atoms with Gasteiger partial charge in [-0.15, -0.1) is 23.4 Å². The minimum atomic E-state index is -1.19. The Labute approximate surface area is 212 Å². The van der Waals surface area contributed by atoms with E-state index in [0.29, 0.717) is 6.42 Å². The summed E-state index contributed by atoms with van der Waals surface area (Å²) in [6.07, 6.45) is -0.301. The van der Waals surface area contributed by atoms with E-state index in [9.17, 15) is 24.0 Å². The molecule has 2 saturated heterocycles. The third-order valence-corrected chi connectivity index (χ3v) is 7.03. The monoisotopic (exact) mass is 535 g/mol. The molecule has 0 aromatic rings. The second-order valence-corrected chi connectivity index (χ2v) is 9.33. The standard InChI is InChI=1S/C21H30ClN3O9S/c1-5-7-14(27)33-12(3)34-20(30)21(10-31-4)9-25-18(29)16(19(25)35-11-21)23-17(28)15(13(26)8-22)24-32-6-2/h12,16,19H,5-11H2,1-4H3,(H,23,28)/t12?,16?,19-,21?/m1/s1. The van der Waals surface area contributed by atoms with Gasteiger partial charge in [-0.05, 0) is 13.3 Å². The maximum Gasteiger partial charge on any atom is 0.320 e. The van der Waals surface area contributed by atoms with E-state index in [4.69, 9.17) is 30.6 Å². The van der Waals surface area contributed by atoms with E-state index in [1.165, 1.54) is 30.7 Å². The Bertz CT molecular complexity index is 871. The number of methoxy groups -OCH3 is 1. The molecular weight excluding hydrogens is 506 g/mol. The number of alkyl halides is 1. The van der Waals surface area contributed by atoms with E-state index in [0.717, 1.165) is 0 Å². The predicted molar refractivity (Wildman–Crippen MR) is 126 cm³/mol. The molecule has 2 aliphatic rings. The number of ketones is 1. The smallest absolute Gasteiger partial charge is 0.320 e. The zero-order valence-electron chi connectivity index (χ0n) is 20.0. The highest BCUT2D eigenvalue weighted by atomic mass is 35.5. The Morgan fingerprint density at radius 1 is 1.29 bits per heavy atom. The highest BCUT2D eigenvalue weighted by molar-refractivity contribution is 8.00. The molecule has 2 fully saturated rings. The topological polar surface area (TPSA) is 150 Å². The molecule has 0 aliphatic carbocycles. The summed E-state index contributed by atoms with van der Waals surface area (Å²) in [4.78, 5) is 68.2. The first-order chi connectivity index (χ1) is 16.6. The van der Waals surface area contributed by atoms with E-state index >= 15 is 0 Å². The lowest BCUT2D eigenvalue weighted by Gasteiger charge is -2.53. The molecule has 3 unspecified atom stereocenters. The fourth-order valence-corrected chi connectivity index (χ4v) is 5.19. The summed E-state index contributed by atoms with van der Waals surface area (Å²) in [5, 5.41) is 5.54. The lowest BCUT2D eigenvalue weighted by atomic mass is 9.88. The minimum absolute atomic E-state index is 0.0152. The number of halogens is 1. The summed E-state index contributed by atoms with van der Waals surface area (Å²) >= 11 is 6.79. The highest BCUT2D eigenvalue weighted by Crippen LogP contribution is 2.43. The molecule has 12 nitrogen and oxygen atoms in total. The van der Waals surface area contributed by atoms with Gasteiger partial charge in [0.2, 0.25) is 23.7 Å². The summed E-state index contributed by atoms with van der Waals surface area (Å²) in [5.41, 5.74) is -1.72. The average Bonchev–Trinajstić information content (AvgIpc) is 2.82. The number of nitrogens with zero attached hydrogens (tertiary/aromatic N) is 2. The summed E-state index contributed by atoms with van der Waals surface area (Å²) < 4.78 is 15.7. The number of esters is 2. The lowest BCUT2D eigenvalue weighted by Crippen LogP contribution is -2.74. The van der Waals surface area contributed by atoms with Gasteiger partial charge in [-0.3, -0.25) is 24.0 Å². The van der Waals surface area contributed by atoms with Gasteiger partial charge in [0.1, 0.15) is 23.4 Å². The van der Waals surface area contributed by atoms with E-state index in [2.05, 4.69) is 10.5 Å². The second-order valence-electron chi connectivity index (χ2n) is 7.96. The number of thioether (sulfide) groups is 1. The molecule has 0 aromatic carbocycles. The number of carbonyl (C=O) groups excluding carboxylic acids is 5. The summed E-state index contributed by atoms with van der Waals surface area (Å²) in [6, 6.07) is -0.923. The van der Waals surface area contributed by atoms with Crippen LogP contribution < -0.4 is 5.32 Å².